The van der Waals surface area contributed by atoms with Gasteiger partial charge in [-0.05, 0) is 12.1 Å². The molecule has 1 atom stereocenters. The van der Waals surface area contributed by atoms with Crippen LogP contribution in [0.4, 0.5) is 5.69 Å². The molecule has 17 heavy (non-hydrogen) atoms. The zero-order chi connectivity index (χ0) is 13.0. The first-order valence-electron chi connectivity index (χ1n) is 4.66. The minimum absolute atomic E-state index is 0.0375. The van der Waals surface area contributed by atoms with Gasteiger partial charge in [-0.25, -0.2) is 4.79 Å². The molecule has 0 spiro atoms. The molecule has 7 heteroatoms. The topological polar surface area (TPSA) is 69.6 Å². The third kappa shape index (κ3) is 3.64. The second kappa shape index (κ2) is 6.31. The van der Waals surface area contributed by atoms with E-state index in [1.54, 1.807) is 0 Å². The van der Waals surface area contributed by atoms with Crippen LogP contribution in [-0.4, -0.2) is 34.7 Å². The number of alkyl halides is 1. The van der Waals surface area contributed by atoms with E-state index in [4.69, 9.17) is 39.9 Å². The second-order valence-corrected chi connectivity index (χ2v) is 4.35. The number of halogens is 3. The quantitative estimate of drug-likeness (QED) is 0.731. The molecule has 0 radical (unpaired) electrons. The van der Waals surface area contributed by atoms with Crippen molar-refractivity contribution in [3.05, 3.63) is 27.7 Å². The Hall–Kier alpha value is -0.680. The van der Waals surface area contributed by atoms with Crippen LogP contribution >= 0.6 is 34.8 Å². The summed E-state index contributed by atoms with van der Waals surface area (Å²) in [5, 5.41) is 21.0. The maximum absolute atomic E-state index is 10.8. The Kier molecular flexibility index (Phi) is 5.33. The average molecular weight is 299 g/mol. The van der Waals surface area contributed by atoms with Crippen molar-refractivity contribution < 1.29 is 15.0 Å². The maximum Gasteiger partial charge on any atom is 0.337 e. The molecule has 1 aromatic rings. The van der Waals surface area contributed by atoms with Gasteiger partial charge in [0.25, 0.3) is 0 Å². The fourth-order valence-corrected chi connectivity index (χ4v) is 1.72. The number of rotatable bonds is 5. The van der Waals surface area contributed by atoms with E-state index in [2.05, 4.69) is 5.32 Å². The van der Waals surface area contributed by atoms with Crippen molar-refractivity contribution >= 4 is 46.5 Å². The molecule has 3 N–H and O–H groups in total. The average Bonchev–Trinajstić information content (AvgIpc) is 2.30. The third-order valence-electron chi connectivity index (χ3n) is 2.02. The summed E-state index contributed by atoms with van der Waals surface area (Å²) in [5.41, 5.74) is 0.381. The molecule has 0 bridgehead atoms. The van der Waals surface area contributed by atoms with Gasteiger partial charge in [-0.2, -0.15) is 0 Å². The van der Waals surface area contributed by atoms with E-state index in [0.29, 0.717) is 5.69 Å². The van der Waals surface area contributed by atoms with E-state index in [1.165, 1.54) is 12.1 Å². The van der Waals surface area contributed by atoms with E-state index in [0.717, 1.165) is 0 Å². The molecule has 0 aliphatic carbocycles. The van der Waals surface area contributed by atoms with Crippen LogP contribution < -0.4 is 5.32 Å². The number of benzene rings is 1. The van der Waals surface area contributed by atoms with Gasteiger partial charge in [0, 0.05) is 6.54 Å². The molecule has 1 rings (SSSR count). The molecule has 94 valence electrons. The van der Waals surface area contributed by atoms with Crippen LogP contribution in [-0.2, 0) is 0 Å². The molecule has 0 aliphatic rings. The van der Waals surface area contributed by atoms with Gasteiger partial charge in [-0.3, -0.25) is 0 Å². The molecule has 4 nitrogen and oxygen atoms in total. The lowest BCUT2D eigenvalue weighted by Crippen LogP contribution is -2.21. The molecule has 0 heterocycles. The SMILES string of the molecule is O=C(O)c1ccc(NCC(O)CCl)c(Cl)c1Cl. The standard InChI is InChI=1S/C10H10Cl3NO3/c11-3-5(15)4-14-7-2-1-6(10(16)17)8(12)9(7)13/h1-2,5,14-15H,3-4H2,(H,16,17). The van der Waals surface area contributed by atoms with Crippen molar-refractivity contribution in [1.82, 2.24) is 0 Å². The summed E-state index contributed by atoms with van der Waals surface area (Å²) < 4.78 is 0. The predicted octanol–water partition coefficient (Wildman–Crippen LogP) is 2.70. The van der Waals surface area contributed by atoms with Crippen LogP contribution in [0.15, 0.2) is 12.1 Å². The van der Waals surface area contributed by atoms with Crippen LogP contribution in [0.1, 0.15) is 10.4 Å². The Morgan fingerprint density at radius 1 is 1.35 bits per heavy atom. The summed E-state index contributed by atoms with van der Waals surface area (Å²) in [6.07, 6.45) is -0.717. The molecule has 0 aliphatic heterocycles. The number of carboxylic acid groups (broad SMARTS) is 1. The summed E-state index contributed by atoms with van der Waals surface area (Å²) >= 11 is 17.1. The van der Waals surface area contributed by atoms with Gasteiger partial charge in [0.15, 0.2) is 0 Å². The normalized spacial score (nSPS) is 12.2. The van der Waals surface area contributed by atoms with Crippen LogP contribution in [0.3, 0.4) is 0 Å². The Balaban J connectivity index is 2.89. The van der Waals surface area contributed by atoms with Crippen LogP contribution in [0.5, 0.6) is 0 Å². The molecule has 0 aromatic heterocycles. The highest BCUT2D eigenvalue weighted by Gasteiger charge is 2.15. The first kappa shape index (κ1) is 14.4. The van der Waals surface area contributed by atoms with Crippen LogP contribution in [0.2, 0.25) is 10.0 Å². The van der Waals surface area contributed by atoms with Gasteiger partial charge in [-0.1, -0.05) is 23.2 Å². The number of carbonyl (C=O) groups is 1. The second-order valence-electron chi connectivity index (χ2n) is 3.28. The van der Waals surface area contributed by atoms with Gasteiger partial charge in [-0.15, -0.1) is 11.6 Å². The van der Waals surface area contributed by atoms with E-state index in [9.17, 15) is 9.90 Å². The zero-order valence-corrected chi connectivity index (χ0v) is 10.9. The molecule has 1 aromatic carbocycles. The number of aliphatic hydroxyl groups excluding tert-OH is 1. The third-order valence-corrected chi connectivity index (χ3v) is 3.26. The zero-order valence-electron chi connectivity index (χ0n) is 8.58. The molecule has 0 amide bonds. The first-order chi connectivity index (χ1) is 7.97. The van der Waals surface area contributed by atoms with E-state index >= 15 is 0 Å². The molecule has 1 unspecified atom stereocenters. The maximum atomic E-state index is 10.8. The van der Waals surface area contributed by atoms with E-state index < -0.39 is 12.1 Å². The smallest absolute Gasteiger partial charge is 0.337 e. The summed E-state index contributed by atoms with van der Waals surface area (Å²) in [5.74, 6) is -1.06. The van der Waals surface area contributed by atoms with E-state index in [1.807, 2.05) is 0 Å². The molecule has 0 saturated carbocycles. The van der Waals surface area contributed by atoms with Crippen LogP contribution in [0.25, 0.3) is 0 Å². The molecule has 0 fully saturated rings. The largest absolute Gasteiger partial charge is 0.478 e. The minimum atomic E-state index is -1.15. The Bertz CT molecular complexity index is 426. The van der Waals surface area contributed by atoms with Gasteiger partial charge in [0.1, 0.15) is 0 Å². The number of nitrogens with one attached hydrogen (secondary N) is 1. The number of hydrogen-bond donors (Lipinski definition) is 3. The lowest BCUT2D eigenvalue weighted by atomic mass is 10.2. The number of aliphatic hydroxyl groups is 1. The van der Waals surface area contributed by atoms with Crippen molar-refractivity contribution in [2.24, 2.45) is 0 Å². The summed E-state index contributed by atoms with van der Waals surface area (Å²) in [7, 11) is 0. The summed E-state index contributed by atoms with van der Waals surface area (Å²) in [6.45, 7) is 0.200. The number of aromatic carboxylic acids is 1. The van der Waals surface area contributed by atoms with Gasteiger partial charge >= 0.3 is 5.97 Å². The molecular weight excluding hydrogens is 288 g/mol. The van der Waals surface area contributed by atoms with E-state index in [-0.39, 0.29) is 28.0 Å². The highest BCUT2D eigenvalue weighted by atomic mass is 35.5. The molecular formula is C10H10Cl3NO3. The highest BCUT2D eigenvalue weighted by Crippen LogP contribution is 2.33. The van der Waals surface area contributed by atoms with Crippen molar-refractivity contribution in [2.45, 2.75) is 6.10 Å². The molecule has 0 saturated heterocycles. The van der Waals surface area contributed by atoms with Crippen molar-refractivity contribution in [3.63, 3.8) is 0 Å². The fourth-order valence-electron chi connectivity index (χ4n) is 1.13. The van der Waals surface area contributed by atoms with Gasteiger partial charge in [0.05, 0.1) is 33.3 Å². The minimum Gasteiger partial charge on any atom is -0.478 e. The van der Waals surface area contributed by atoms with Crippen LogP contribution in [0, 0.1) is 0 Å². The summed E-state index contributed by atoms with van der Waals surface area (Å²) in [4.78, 5) is 10.8. The number of hydrogen-bond acceptors (Lipinski definition) is 3. The lowest BCUT2D eigenvalue weighted by Gasteiger charge is -2.13. The first-order valence-corrected chi connectivity index (χ1v) is 5.95. The van der Waals surface area contributed by atoms with Gasteiger partial charge in [0.2, 0.25) is 0 Å². The Labute approximate surface area is 113 Å². The highest BCUT2D eigenvalue weighted by molar-refractivity contribution is 6.45. The summed E-state index contributed by atoms with van der Waals surface area (Å²) in [6, 6.07) is 2.82. The van der Waals surface area contributed by atoms with Crippen molar-refractivity contribution in [3.8, 4) is 0 Å². The van der Waals surface area contributed by atoms with Crippen molar-refractivity contribution in [1.29, 1.82) is 0 Å². The Morgan fingerprint density at radius 3 is 2.53 bits per heavy atom. The van der Waals surface area contributed by atoms with Crippen molar-refractivity contribution in [2.75, 3.05) is 17.7 Å². The fraction of sp³-hybridized carbons (Fsp3) is 0.300. The predicted molar refractivity (Wildman–Crippen MR) is 68.6 cm³/mol. The number of carboxylic acids is 1. The lowest BCUT2D eigenvalue weighted by molar-refractivity contribution is 0.0697. The monoisotopic (exact) mass is 297 g/mol. The Morgan fingerprint density at radius 2 is 2.00 bits per heavy atom. The van der Waals surface area contributed by atoms with Gasteiger partial charge < -0.3 is 15.5 Å². The number of anilines is 1.